The molecule has 0 radical (unpaired) electrons. The zero-order valence-corrected chi connectivity index (χ0v) is 15.9. The van der Waals surface area contributed by atoms with Crippen molar-refractivity contribution >= 4 is 41.5 Å². The Morgan fingerprint density at radius 2 is 2.00 bits per heavy atom. The third-order valence-electron chi connectivity index (χ3n) is 3.09. The summed E-state index contributed by atoms with van der Waals surface area (Å²) in [4.78, 5) is 17.6. The minimum atomic E-state index is -0.142. The van der Waals surface area contributed by atoms with E-state index in [1.54, 1.807) is 7.11 Å². The molecule has 0 saturated carbocycles. The van der Waals surface area contributed by atoms with Gasteiger partial charge in [-0.05, 0) is 31.5 Å². The Morgan fingerprint density at radius 3 is 2.50 bits per heavy atom. The van der Waals surface area contributed by atoms with Crippen LogP contribution in [0.1, 0.15) is 26.3 Å². The molecule has 0 atom stereocenters. The number of benzene rings is 1. The Kier molecular flexibility index (Phi) is 9.55. The number of methoxy groups -OCH3 is 1. The highest BCUT2D eigenvalue weighted by Gasteiger charge is 2.07. The lowest BCUT2D eigenvalue weighted by Crippen LogP contribution is -2.37. The van der Waals surface area contributed by atoms with Crippen molar-refractivity contribution in [3.05, 3.63) is 23.8 Å². The van der Waals surface area contributed by atoms with Crippen LogP contribution in [0.4, 0.5) is 5.69 Å². The lowest BCUT2D eigenvalue weighted by atomic mass is 10.2. The summed E-state index contributed by atoms with van der Waals surface area (Å²) in [6, 6.07) is 5.56. The predicted octanol–water partition coefficient (Wildman–Crippen LogP) is 2.43. The molecule has 22 heavy (non-hydrogen) atoms. The van der Waals surface area contributed by atoms with E-state index in [4.69, 9.17) is 10.5 Å². The maximum Gasteiger partial charge on any atom is 0.221 e. The SMILES string of the molecule is CCN(CC)C(N)=NCc1ccc(OC)c(NC(C)=O)c1.I. The lowest BCUT2D eigenvalue weighted by Gasteiger charge is -2.19. The second-order valence-electron chi connectivity index (χ2n) is 4.56. The van der Waals surface area contributed by atoms with Gasteiger partial charge in [0.05, 0.1) is 19.3 Å². The molecule has 0 saturated heterocycles. The van der Waals surface area contributed by atoms with Gasteiger partial charge in [0.2, 0.25) is 5.91 Å². The number of ether oxygens (including phenoxy) is 1. The summed E-state index contributed by atoms with van der Waals surface area (Å²) in [6.07, 6.45) is 0. The van der Waals surface area contributed by atoms with Gasteiger partial charge in [-0.25, -0.2) is 4.99 Å². The molecule has 0 heterocycles. The smallest absolute Gasteiger partial charge is 0.221 e. The van der Waals surface area contributed by atoms with Crippen molar-refractivity contribution in [3.63, 3.8) is 0 Å². The number of aliphatic imine (C=N–C) groups is 1. The molecular formula is C15H25IN4O2. The first-order valence-corrected chi connectivity index (χ1v) is 7.01. The number of guanidine groups is 1. The van der Waals surface area contributed by atoms with Gasteiger partial charge >= 0.3 is 0 Å². The first-order valence-electron chi connectivity index (χ1n) is 7.01. The number of hydrogen-bond acceptors (Lipinski definition) is 3. The fourth-order valence-electron chi connectivity index (χ4n) is 1.96. The highest BCUT2D eigenvalue weighted by molar-refractivity contribution is 14.0. The van der Waals surface area contributed by atoms with Crippen LogP contribution < -0.4 is 15.8 Å². The summed E-state index contributed by atoms with van der Waals surface area (Å²) in [7, 11) is 1.57. The Labute approximate surface area is 149 Å². The molecule has 124 valence electrons. The fraction of sp³-hybridized carbons (Fsp3) is 0.467. The van der Waals surface area contributed by atoms with Crippen LogP contribution in [-0.2, 0) is 11.3 Å². The van der Waals surface area contributed by atoms with Crippen LogP contribution in [-0.4, -0.2) is 37.0 Å². The molecule has 1 aromatic carbocycles. The van der Waals surface area contributed by atoms with Crippen molar-refractivity contribution in [2.75, 3.05) is 25.5 Å². The Hall–Kier alpha value is -1.51. The molecule has 0 aliphatic carbocycles. The number of halogens is 1. The first-order chi connectivity index (χ1) is 10.0. The van der Waals surface area contributed by atoms with Crippen molar-refractivity contribution in [2.24, 2.45) is 10.7 Å². The molecule has 0 bridgehead atoms. The van der Waals surface area contributed by atoms with E-state index >= 15 is 0 Å². The number of anilines is 1. The third-order valence-corrected chi connectivity index (χ3v) is 3.09. The molecule has 6 nitrogen and oxygen atoms in total. The normalized spacial score (nSPS) is 10.6. The summed E-state index contributed by atoms with van der Waals surface area (Å²) >= 11 is 0. The number of carbonyl (C=O) groups is 1. The number of nitrogens with two attached hydrogens (primary N) is 1. The van der Waals surface area contributed by atoms with Crippen molar-refractivity contribution in [1.29, 1.82) is 0 Å². The van der Waals surface area contributed by atoms with Gasteiger partial charge in [-0.1, -0.05) is 6.07 Å². The first kappa shape index (κ1) is 20.5. The van der Waals surface area contributed by atoms with Crippen molar-refractivity contribution < 1.29 is 9.53 Å². The molecule has 0 unspecified atom stereocenters. The Bertz CT molecular complexity index is 516. The number of rotatable bonds is 6. The van der Waals surface area contributed by atoms with Gasteiger partial charge in [0.15, 0.2) is 5.96 Å². The minimum Gasteiger partial charge on any atom is -0.495 e. The van der Waals surface area contributed by atoms with Gasteiger partial charge < -0.3 is 20.7 Å². The molecule has 0 spiro atoms. The van der Waals surface area contributed by atoms with Crippen LogP contribution in [0.2, 0.25) is 0 Å². The number of nitrogens with one attached hydrogen (secondary N) is 1. The monoisotopic (exact) mass is 420 g/mol. The van der Waals surface area contributed by atoms with Crippen LogP contribution in [0, 0.1) is 0 Å². The number of nitrogens with zero attached hydrogens (tertiary/aromatic N) is 2. The van der Waals surface area contributed by atoms with Gasteiger partial charge in [-0.2, -0.15) is 0 Å². The maximum absolute atomic E-state index is 11.2. The standard InChI is InChI=1S/C15H24N4O2.HI/c1-5-19(6-2)15(16)17-10-12-7-8-14(21-4)13(9-12)18-11(3)20;/h7-9H,5-6,10H2,1-4H3,(H2,16,17)(H,18,20);1H. The molecule has 1 aromatic rings. The van der Waals surface area contributed by atoms with Gasteiger partial charge in [-0.15, -0.1) is 24.0 Å². The molecule has 0 aliphatic rings. The van der Waals surface area contributed by atoms with Crippen LogP contribution in [0.15, 0.2) is 23.2 Å². The largest absolute Gasteiger partial charge is 0.495 e. The van der Waals surface area contributed by atoms with E-state index < -0.39 is 0 Å². The van der Waals surface area contributed by atoms with E-state index in [1.807, 2.05) is 36.9 Å². The number of carbonyl (C=O) groups excluding carboxylic acids is 1. The van der Waals surface area contributed by atoms with Crippen LogP contribution >= 0.6 is 24.0 Å². The predicted molar refractivity (Wildman–Crippen MR) is 101 cm³/mol. The molecule has 0 fully saturated rings. The van der Waals surface area contributed by atoms with E-state index in [0.717, 1.165) is 18.7 Å². The number of amides is 1. The molecule has 1 rings (SSSR count). The highest BCUT2D eigenvalue weighted by Crippen LogP contribution is 2.25. The zero-order valence-electron chi connectivity index (χ0n) is 13.5. The molecule has 0 aliphatic heterocycles. The lowest BCUT2D eigenvalue weighted by molar-refractivity contribution is -0.114. The maximum atomic E-state index is 11.2. The minimum absolute atomic E-state index is 0. The van der Waals surface area contributed by atoms with E-state index in [9.17, 15) is 4.79 Å². The van der Waals surface area contributed by atoms with Crippen molar-refractivity contribution in [1.82, 2.24) is 4.90 Å². The Balaban J connectivity index is 0.00000441. The quantitative estimate of drug-likeness (QED) is 0.421. The fourth-order valence-corrected chi connectivity index (χ4v) is 1.96. The van der Waals surface area contributed by atoms with Gasteiger partial charge in [0.1, 0.15) is 5.75 Å². The van der Waals surface area contributed by atoms with Crippen LogP contribution in [0.25, 0.3) is 0 Å². The van der Waals surface area contributed by atoms with E-state index in [0.29, 0.717) is 23.9 Å². The highest BCUT2D eigenvalue weighted by atomic mass is 127. The third kappa shape index (κ3) is 6.08. The molecule has 1 amide bonds. The summed E-state index contributed by atoms with van der Waals surface area (Å²) in [5.74, 6) is 1.00. The van der Waals surface area contributed by atoms with E-state index in [-0.39, 0.29) is 29.9 Å². The van der Waals surface area contributed by atoms with Gasteiger partial charge in [-0.3, -0.25) is 4.79 Å². The number of hydrogen-bond donors (Lipinski definition) is 2. The molecule has 7 heteroatoms. The van der Waals surface area contributed by atoms with Crippen molar-refractivity contribution in [3.8, 4) is 5.75 Å². The average molecular weight is 420 g/mol. The Morgan fingerprint density at radius 1 is 1.36 bits per heavy atom. The average Bonchev–Trinajstić information content (AvgIpc) is 2.46. The van der Waals surface area contributed by atoms with Crippen LogP contribution in [0.3, 0.4) is 0 Å². The van der Waals surface area contributed by atoms with E-state index in [1.165, 1.54) is 6.92 Å². The molecule has 3 N–H and O–H groups in total. The van der Waals surface area contributed by atoms with Gasteiger partial charge in [0.25, 0.3) is 0 Å². The second-order valence-corrected chi connectivity index (χ2v) is 4.56. The zero-order chi connectivity index (χ0) is 15.8. The summed E-state index contributed by atoms with van der Waals surface area (Å²) < 4.78 is 5.22. The van der Waals surface area contributed by atoms with E-state index in [2.05, 4.69) is 10.3 Å². The van der Waals surface area contributed by atoms with Crippen molar-refractivity contribution in [2.45, 2.75) is 27.3 Å². The summed E-state index contributed by atoms with van der Waals surface area (Å²) in [5, 5.41) is 2.74. The summed E-state index contributed by atoms with van der Waals surface area (Å²) in [6.45, 7) is 7.64. The summed E-state index contributed by atoms with van der Waals surface area (Å²) in [5.41, 5.74) is 7.53. The molecular weight excluding hydrogens is 395 g/mol. The topological polar surface area (TPSA) is 79.9 Å². The molecule has 0 aromatic heterocycles. The van der Waals surface area contributed by atoms with Gasteiger partial charge in [0, 0.05) is 20.0 Å². The second kappa shape index (κ2) is 10.3. The van der Waals surface area contributed by atoms with Crippen LogP contribution in [0.5, 0.6) is 5.75 Å².